The molecule has 3 aromatic rings. The van der Waals surface area contributed by atoms with Crippen LogP contribution in [0.2, 0.25) is 0 Å². The molecule has 0 unspecified atom stereocenters. The SMILES string of the molecule is CC(=O)C[C@@H](NC(=O)[C@H](CC(C)C)n1ccccc1=O)c1cncc(-c2c(C)cccc2C)c1. The molecule has 0 saturated carbocycles. The molecule has 6 heteroatoms. The molecule has 1 aromatic carbocycles. The van der Waals surface area contributed by atoms with Gasteiger partial charge in [0.25, 0.3) is 5.56 Å². The number of nitrogens with zero attached hydrogens (tertiary/aromatic N) is 2. The molecular weight excluding hydrogens is 426 g/mol. The molecule has 2 aromatic heterocycles. The lowest BCUT2D eigenvalue weighted by atomic mass is 9.94. The van der Waals surface area contributed by atoms with Crippen molar-refractivity contribution in [1.29, 1.82) is 0 Å². The van der Waals surface area contributed by atoms with E-state index < -0.39 is 12.1 Å². The van der Waals surface area contributed by atoms with Gasteiger partial charge in [0.1, 0.15) is 11.8 Å². The number of hydrogen-bond acceptors (Lipinski definition) is 4. The molecule has 0 radical (unpaired) electrons. The van der Waals surface area contributed by atoms with Gasteiger partial charge in [-0.25, -0.2) is 0 Å². The summed E-state index contributed by atoms with van der Waals surface area (Å²) in [4.78, 5) is 42.5. The number of amides is 1. The van der Waals surface area contributed by atoms with E-state index in [1.807, 2.05) is 26.0 Å². The van der Waals surface area contributed by atoms with Crippen molar-refractivity contribution in [2.75, 3.05) is 0 Å². The first kappa shape index (κ1) is 25.1. The fourth-order valence-corrected chi connectivity index (χ4v) is 4.35. The summed E-state index contributed by atoms with van der Waals surface area (Å²) in [6.45, 7) is 9.64. The van der Waals surface area contributed by atoms with Crippen LogP contribution in [0.15, 0.2) is 65.8 Å². The normalized spacial score (nSPS) is 12.9. The Morgan fingerprint density at radius 2 is 1.74 bits per heavy atom. The lowest BCUT2D eigenvalue weighted by Gasteiger charge is -2.25. The van der Waals surface area contributed by atoms with Crippen molar-refractivity contribution in [2.24, 2.45) is 5.92 Å². The third kappa shape index (κ3) is 6.07. The number of pyridine rings is 2. The Labute approximate surface area is 201 Å². The third-order valence-electron chi connectivity index (χ3n) is 5.92. The molecule has 0 aliphatic rings. The molecule has 0 saturated heterocycles. The van der Waals surface area contributed by atoms with Crippen molar-refractivity contribution in [3.05, 3.63) is 88.1 Å². The predicted molar refractivity (Wildman–Crippen MR) is 135 cm³/mol. The summed E-state index contributed by atoms with van der Waals surface area (Å²) in [7, 11) is 0. The number of carbonyl (C=O) groups excluding carboxylic acids is 2. The Hall–Kier alpha value is -3.54. The van der Waals surface area contributed by atoms with Crippen molar-refractivity contribution in [3.8, 4) is 11.1 Å². The number of nitrogens with one attached hydrogen (secondary N) is 1. The van der Waals surface area contributed by atoms with Crippen LogP contribution in [0.4, 0.5) is 0 Å². The molecule has 0 fully saturated rings. The summed E-state index contributed by atoms with van der Waals surface area (Å²) in [5.74, 6) is -0.131. The van der Waals surface area contributed by atoms with Gasteiger partial charge in [-0.1, -0.05) is 38.1 Å². The summed E-state index contributed by atoms with van der Waals surface area (Å²) in [6, 6.07) is 11.8. The molecular formula is C28H33N3O3. The van der Waals surface area contributed by atoms with Gasteiger partial charge in [0.05, 0.1) is 6.04 Å². The van der Waals surface area contributed by atoms with Crippen LogP contribution < -0.4 is 10.9 Å². The van der Waals surface area contributed by atoms with Gasteiger partial charge in [0.2, 0.25) is 5.91 Å². The summed E-state index contributed by atoms with van der Waals surface area (Å²) in [5, 5.41) is 3.04. The molecule has 34 heavy (non-hydrogen) atoms. The molecule has 0 spiro atoms. The second-order valence-electron chi connectivity index (χ2n) is 9.33. The monoisotopic (exact) mass is 459 g/mol. The largest absolute Gasteiger partial charge is 0.347 e. The molecule has 0 aliphatic heterocycles. The summed E-state index contributed by atoms with van der Waals surface area (Å²) in [6.07, 6.45) is 5.77. The third-order valence-corrected chi connectivity index (χ3v) is 5.92. The van der Waals surface area contributed by atoms with Crippen LogP contribution in [0.5, 0.6) is 0 Å². The molecule has 1 amide bonds. The highest BCUT2D eigenvalue weighted by atomic mass is 16.2. The smallest absolute Gasteiger partial charge is 0.251 e. The van der Waals surface area contributed by atoms with Crippen LogP contribution in [0.1, 0.15) is 62.4 Å². The molecule has 3 rings (SSSR count). The molecule has 2 heterocycles. The molecule has 178 valence electrons. The van der Waals surface area contributed by atoms with E-state index in [1.165, 1.54) is 17.6 Å². The lowest BCUT2D eigenvalue weighted by molar-refractivity contribution is -0.126. The fraction of sp³-hybridized carbons (Fsp3) is 0.357. The van der Waals surface area contributed by atoms with Gasteiger partial charge in [-0.15, -0.1) is 0 Å². The van der Waals surface area contributed by atoms with E-state index in [1.54, 1.807) is 30.7 Å². The maximum absolute atomic E-state index is 13.5. The van der Waals surface area contributed by atoms with E-state index >= 15 is 0 Å². The summed E-state index contributed by atoms with van der Waals surface area (Å²) in [5.41, 5.74) is 4.82. The molecule has 2 atom stereocenters. The van der Waals surface area contributed by atoms with Crippen molar-refractivity contribution < 1.29 is 9.59 Å². The second-order valence-corrected chi connectivity index (χ2v) is 9.33. The van der Waals surface area contributed by atoms with Gasteiger partial charge >= 0.3 is 0 Å². The fourth-order valence-electron chi connectivity index (χ4n) is 4.35. The van der Waals surface area contributed by atoms with Crippen molar-refractivity contribution in [2.45, 2.75) is 59.5 Å². The summed E-state index contributed by atoms with van der Waals surface area (Å²) < 4.78 is 1.46. The maximum Gasteiger partial charge on any atom is 0.251 e. The second kappa shape index (κ2) is 11.1. The van der Waals surface area contributed by atoms with E-state index in [4.69, 9.17) is 0 Å². The van der Waals surface area contributed by atoms with E-state index in [0.29, 0.717) is 6.42 Å². The van der Waals surface area contributed by atoms with Crippen LogP contribution >= 0.6 is 0 Å². The number of ketones is 1. The topological polar surface area (TPSA) is 81.1 Å². The molecule has 1 N–H and O–H groups in total. The van der Waals surface area contributed by atoms with Crippen molar-refractivity contribution in [3.63, 3.8) is 0 Å². The standard InChI is InChI=1S/C28H33N3O3/c1-18(2)13-25(31-12-7-6-11-26(31)33)28(34)30-24(14-21(5)32)22-15-23(17-29-16-22)27-19(3)9-8-10-20(27)4/h6-12,15-18,24-25H,13-14H2,1-5H3,(H,30,34)/t24-,25+/m1/s1. The number of aryl methyl sites for hydroxylation is 2. The van der Waals surface area contributed by atoms with Crippen LogP contribution in [0.3, 0.4) is 0 Å². The Morgan fingerprint density at radius 1 is 1.03 bits per heavy atom. The first-order chi connectivity index (χ1) is 16.2. The average molecular weight is 460 g/mol. The zero-order valence-corrected chi connectivity index (χ0v) is 20.5. The van der Waals surface area contributed by atoms with Crippen molar-refractivity contribution in [1.82, 2.24) is 14.9 Å². The highest BCUT2D eigenvalue weighted by molar-refractivity contribution is 5.83. The minimum absolute atomic E-state index is 0.0416. The van der Waals surface area contributed by atoms with Crippen LogP contribution in [-0.4, -0.2) is 21.2 Å². The van der Waals surface area contributed by atoms with Gasteiger partial charge in [0.15, 0.2) is 0 Å². The molecule has 0 aliphatic carbocycles. The average Bonchev–Trinajstić information content (AvgIpc) is 2.77. The minimum Gasteiger partial charge on any atom is -0.347 e. The van der Waals surface area contributed by atoms with Crippen LogP contribution in [0.25, 0.3) is 11.1 Å². The first-order valence-electron chi connectivity index (χ1n) is 11.7. The maximum atomic E-state index is 13.5. The highest BCUT2D eigenvalue weighted by Gasteiger charge is 2.26. The number of rotatable bonds is 9. The Morgan fingerprint density at radius 3 is 2.35 bits per heavy atom. The minimum atomic E-state index is -0.669. The number of benzene rings is 1. The van der Waals surface area contributed by atoms with Gasteiger partial charge < -0.3 is 9.88 Å². The van der Waals surface area contributed by atoms with E-state index in [2.05, 4.69) is 36.3 Å². The Kier molecular flexibility index (Phi) is 8.16. The summed E-state index contributed by atoms with van der Waals surface area (Å²) >= 11 is 0. The number of Topliss-reactive ketones (excluding diaryl/α,β-unsaturated/α-hetero) is 1. The van der Waals surface area contributed by atoms with Crippen LogP contribution in [0, 0.1) is 19.8 Å². The van der Waals surface area contributed by atoms with Gasteiger partial charge in [-0.2, -0.15) is 0 Å². The quantitative estimate of drug-likeness (QED) is 0.491. The van der Waals surface area contributed by atoms with E-state index in [9.17, 15) is 14.4 Å². The lowest BCUT2D eigenvalue weighted by Crippen LogP contribution is -2.39. The Bertz CT molecular complexity index is 1210. The zero-order chi connectivity index (χ0) is 24.8. The van der Waals surface area contributed by atoms with E-state index in [0.717, 1.165) is 27.8 Å². The highest BCUT2D eigenvalue weighted by Crippen LogP contribution is 2.29. The number of carbonyl (C=O) groups is 2. The number of aromatic nitrogens is 2. The van der Waals surface area contributed by atoms with Crippen LogP contribution in [-0.2, 0) is 9.59 Å². The number of hydrogen-bond donors (Lipinski definition) is 1. The predicted octanol–water partition coefficient (Wildman–Crippen LogP) is 4.95. The van der Waals surface area contributed by atoms with E-state index in [-0.39, 0.29) is 29.6 Å². The van der Waals surface area contributed by atoms with Crippen molar-refractivity contribution >= 4 is 11.7 Å². The first-order valence-corrected chi connectivity index (χ1v) is 11.7. The van der Waals surface area contributed by atoms with Gasteiger partial charge in [-0.05, 0) is 67.5 Å². The van der Waals surface area contributed by atoms with Gasteiger partial charge in [0, 0.05) is 36.6 Å². The Balaban J connectivity index is 1.97. The molecule has 6 nitrogen and oxygen atoms in total. The van der Waals surface area contributed by atoms with Gasteiger partial charge in [-0.3, -0.25) is 19.4 Å². The molecule has 0 bridgehead atoms. The zero-order valence-electron chi connectivity index (χ0n) is 20.5.